The van der Waals surface area contributed by atoms with Crippen LogP contribution >= 0.6 is 7.75 Å². The van der Waals surface area contributed by atoms with Crippen molar-refractivity contribution in [2.24, 2.45) is 0 Å². The van der Waals surface area contributed by atoms with Crippen molar-refractivity contribution in [3.8, 4) is 0 Å². The lowest BCUT2D eigenvalue weighted by Crippen LogP contribution is -2.34. The molecular formula is C22H23FN7O9P. The summed E-state index contributed by atoms with van der Waals surface area (Å²) in [6.07, 6.45) is -5.49. The summed E-state index contributed by atoms with van der Waals surface area (Å²) in [7, 11) is -4.15. The highest BCUT2D eigenvalue weighted by atomic mass is 31.2. The highest BCUT2D eigenvalue weighted by Crippen LogP contribution is 2.46. The van der Waals surface area contributed by atoms with E-state index in [1.54, 1.807) is 30.3 Å². The number of fused-ring (bicyclic) bond motifs is 1. The SMILES string of the molecule is Nc1nc(F)nc2c1ncn2[C@@H]1O[C@H](COP(=O)(NCc2ccccc2)OCc2ccc([N+](=O)[O-])o2)C(O)[C@H]1O. The lowest BCUT2D eigenvalue weighted by Gasteiger charge is -2.22. The fourth-order valence-corrected chi connectivity index (χ4v) is 5.24. The van der Waals surface area contributed by atoms with Gasteiger partial charge in [-0.15, -0.1) is 0 Å². The van der Waals surface area contributed by atoms with Gasteiger partial charge in [0, 0.05) is 6.54 Å². The minimum Gasteiger partial charge on any atom is -0.403 e. The number of nitrogens with one attached hydrogen (secondary N) is 1. The second kappa shape index (κ2) is 11.3. The van der Waals surface area contributed by atoms with Gasteiger partial charge in [-0.25, -0.2) is 14.6 Å². The Hall–Kier alpha value is -3.83. The Labute approximate surface area is 224 Å². The Balaban J connectivity index is 1.30. The number of aliphatic hydroxyl groups is 2. The van der Waals surface area contributed by atoms with Crippen LogP contribution in [0.3, 0.4) is 0 Å². The van der Waals surface area contributed by atoms with Crippen LogP contribution < -0.4 is 10.8 Å². The molecule has 5 atom stereocenters. The number of nitrogen functional groups attached to an aromatic ring is 1. The standard InChI is InChI=1S/C22H23FN7O9P/c23-22-27-19(24)16-20(28-22)29(11-25-16)21-18(32)17(31)14(39-21)10-37-40(35,26-8-12-4-2-1-3-5-12)36-9-13-6-7-15(38-13)30(33)34/h1-7,11,14,17-18,21,31-32H,8-10H2,(H,26,35)(H2,24,27,28)/t14-,17?,18-,21-,40?/m1/s1. The Morgan fingerprint density at radius 2 is 1.95 bits per heavy atom. The van der Waals surface area contributed by atoms with Gasteiger partial charge in [0.05, 0.1) is 19.0 Å². The van der Waals surface area contributed by atoms with Crippen molar-refractivity contribution in [1.82, 2.24) is 24.6 Å². The van der Waals surface area contributed by atoms with Crippen LogP contribution in [0, 0.1) is 16.2 Å². The molecule has 5 rings (SSSR count). The van der Waals surface area contributed by atoms with Crippen LogP contribution in [-0.4, -0.2) is 59.6 Å². The largest absolute Gasteiger partial charge is 0.433 e. The molecule has 1 aliphatic heterocycles. The average molecular weight is 579 g/mol. The Morgan fingerprint density at radius 3 is 2.67 bits per heavy atom. The molecule has 0 amide bonds. The first-order valence-electron chi connectivity index (χ1n) is 11.7. The van der Waals surface area contributed by atoms with E-state index in [9.17, 15) is 29.3 Å². The molecule has 1 saturated heterocycles. The summed E-state index contributed by atoms with van der Waals surface area (Å²) >= 11 is 0. The minimum absolute atomic E-state index is 0.0187. The fourth-order valence-electron chi connectivity index (χ4n) is 3.97. The summed E-state index contributed by atoms with van der Waals surface area (Å²) in [5.41, 5.74) is 6.41. The number of furan rings is 1. The van der Waals surface area contributed by atoms with Gasteiger partial charge >= 0.3 is 19.7 Å². The average Bonchev–Trinajstić information content (AvgIpc) is 3.65. The van der Waals surface area contributed by atoms with E-state index < -0.39 is 62.4 Å². The third-order valence-corrected chi connectivity index (χ3v) is 7.47. The van der Waals surface area contributed by atoms with E-state index in [1.165, 1.54) is 17.0 Å². The van der Waals surface area contributed by atoms with Crippen LogP contribution in [0.25, 0.3) is 11.2 Å². The van der Waals surface area contributed by atoms with Gasteiger partial charge in [-0.3, -0.25) is 23.7 Å². The molecule has 0 spiro atoms. The van der Waals surface area contributed by atoms with Crippen molar-refractivity contribution in [2.45, 2.75) is 37.7 Å². The first-order chi connectivity index (χ1) is 19.1. The van der Waals surface area contributed by atoms with Crippen molar-refractivity contribution >= 4 is 30.6 Å². The van der Waals surface area contributed by atoms with Crippen LogP contribution in [0.2, 0.25) is 0 Å². The fraction of sp³-hybridized carbons (Fsp3) is 0.318. The predicted octanol–water partition coefficient (Wildman–Crippen LogP) is 1.80. The minimum atomic E-state index is -4.15. The van der Waals surface area contributed by atoms with Crippen molar-refractivity contribution in [3.05, 3.63) is 76.3 Å². The molecule has 0 radical (unpaired) electrons. The third kappa shape index (κ3) is 5.85. The van der Waals surface area contributed by atoms with Crippen LogP contribution in [0.15, 0.2) is 53.2 Å². The summed E-state index contributed by atoms with van der Waals surface area (Å²) in [4.78, 5) is 21.2. The number of anilines is 1. The Morgan fingerprint density at radius 1 is 1.18 bits per heavy atom. The van der Waals surface area contributed by atoms with E-state index in [0.717, 1.165) is 11.6 Å². The first kappa shape index (κ1) is 27.7. The van der Waals surface area contributed by atoms with Gasteiger partial charge in [0.2, 0.25) is 0 Å². The summed E-state index contributed by atoms with van der Waals surface area (Å²) in [6, 6.07) is 11.3. The van der Waals surface area contributed by atoms with Crippen LogP contribution in [0.4, 0.5) is 16.1 Å². The summed E-state index contributed by atoms with van der Waals surface area (Å²) in [5.74, 6) is -0.725. The maximum absolute atomic E-state index is 13.8. The third-order valence-electron chi connectivity index (χ3n) is 5.97. The normalized spacial score (nSPS) is 22.5. The van der Waals surface area contributed by atoms with E-state index >= 15 is 0 Å². The van der Waals surface area contributed by atoms with Gasteiger partial charge in [-0.2, -0.15) is 14.4 Å². The maximum Gasteiger partial charge on any atom is 0.433 e. The summed E-state index contributed by atoms with van der Waals surface area (Å²) < 4.78 is 50.3. The van der Waals surface area contributed by atoms with Crippen molar-refractivity contribution in [1.29, 1.82) is 0 Å². The number of aromatic nitrogens is 4. The van der Waals surface area contributed by atoms with E-state index in [1.807, 2.05) is 0 Å². The number of halogens is 1. The van der Waals surface area contributed by atoms with E-state index in [4.69, 9.17) is 23.9 Å². The van der Waals surface area contributed by atoms with E-state index in [0.29, 0.717) is 0 Å². The smallest absolute Gasteiger partial charge is 0.403 e. The molecule has 0 saturated carbocycles. The quantitative estimate of drug-likeness (QED) is 0.0861. The maximum atomic E-state index is 13.8. The van der Waals surface area contributed by atoms with Gasteiger partial charge in [0.1, 0.15) is 35.6 Å². The molecule has 40 heavy (non-hydrogen) atoms. The highest BCUT2D eigenvalue weighted by molar-refractivity contribution is 7.51. The molecule has 3 aromatic heterocycles. The molecule has 16 nitrogen and oxygen atoms in total. The molecule has 0 aliphatic carbocycles. The lowest BCUT2D eigenvalue weighted by atomic mass is 10.1. The number of nitrogens with zero attached hydrogens (tertiary/aromatic N) is 5. The van der Waals surface area contributed by atoms with Crippen LogP contribution in [0.1, 0.15) is 17.6 Å². The van der Waals surface area contributed by atoms with Crippen LogP contribution in [0.5, 0.6) is 0 Å². The number of nitrogens with two attached hydrogens (primary N) is 1. The number of imidazole rings is 1. The molecule has 1 aliphatic rings. The predicted molar refractivity (Wildman–Crippen MR) is 133 cm³/mol. The number of hydrogen-bond acceptors (Lipinski definition) is 13. The Bertz CT molecular complexity index is 1550. The van der Waals surface area contributed by atoms with Crippen molar-refractivity contribution in [2.75, 3.05) is 12.3 Å². The number of aliphatic hydroxyl groups excluding tert-OH is 2. The molecule has 212 valence electrons. The summed E-state index contributed by atoms with van der Waals surface area (Å²) in [6.45, 7) is -0.909. The first-order valence-corrected chi connectivity index (χ1v) is 13.3. The number of rotatable bonds is 11. The molecule has 18 heteroatoms. The topological polar surface area (TPSA) is 223 Å². The second-order valence-electron chi connectivity index (χ2n) is 8.63. The van der Waals surface area contributed by atoms with Gasteiger partial charge in [0.25, 0.3) is 0 Å². The number of benzene rings is 1. The zero-order valence-corrected chi connectivity index (χ0v) is 21.3. The van der Waals surface area contributed by atoms with Gasteiger partial charge < -0.3 is 25.1 Å². The molecule has 4 aromatic rings. The van der Waals surface area contributed by atoms with Crippen molar-refractivity contribution in [3.63, 3.8) is 0 Å². The monoisotopic (exact) mass is 579 g/mol. The molecule has 2 unspecified atom stereocenters. The number of nitro groups is 1. The van der Waals surface area contributed by atoms with Crippen molar-refractivity contribution < 1.29 is 42.3 Å². The second-order valence-corrected chi connectivity index (χ2v) is 10.5. The molecule has 0 bridgehead atoms. The molecule has 1 aromatic carbocycles. The Kier molecular flexibility index (Phi) is 7.86. The number of hydrogen-bond donors (Lipinski definition) is 4. The van der Waals surface area contributed by atoms with Gasteiger partial charge in [-0.1, -0.05) is 30.3 Å². The molecular weight excluding hydrogens is 556 g/mol. The molecule has 1 fully saturated rings. The van der Waals surface area contributed by atoms with E-state index in [-0.39, 0.29) is 29.3 Å². The molecule has 5 N–H and O–H groups in total. The van der Waals surface area contributed by atoms with Crippen LogP contribution in [-0.2, 0) is 31.5 Å². The zero-order valence-electron chi connectivity index (χ0n) is 20.4. The zero-order chi connectivity index (χ0) is 28.4. The van der Waals surface area contributed by atoms with Gasteiger partial charge in [-0.05, 0) is 11.6 Å². The lowest BCUT2D eigenvalue weighted by molar-refractivity contribution is -0.402. The molecule has 4 heterocycles. The van der Waals surface area contributed by atoms with E-state index in [2.05, 4.69) is 20.0 Å². The highest BCUT2D eigenvalue weighted by Gasteiger charge is 2.45. The van der Waals surface area contributed by atoms with Gasteiger partial charge in [0.15, 0.2) is 23.2 Å². The number of ether oxygens (including phenoxy) is 1. The summed E-state index contributed by atoms with van der Waals surface area (Å²) in [5, 5.41) is 34.8.